The number of rotatable bonds is 9. The summed E-state index contributed by atoms with van der Waals surface area (Å²) < 4.78 is 31.8. The second-order valence-electron chi connectivity index (χ2n) is 6.72. The Hall–Kier alpha value is -1.45. The monoisotopic (exact) mass is 429 g/mol. The molecule has 0 saturated carbocycles. The number of amides is 1. The number of hydrogen-bond donors (Lipinski definition) is 1. The average molecular weight is 430 g/mol. The molecule has 1 atom stereocenters. The number of thioether (sulfide) groups is 1. The van der Waals surface area contributed by atoms with Crippen molar-refractivity contribution in [1.82, 2.24) is 9.62 Å². The van der Waals surface area contributed by atoms with Gasteiger partial charge in [-0.15, -0.1) is 0 Å². The normalized spacial score (nSPS) is 16.5. The zero-order chi connectivity index (χ0) is 20.6. The summed E-state index contributed by atoms with van der Waals surface area (Å²) in [7, 11) is -1.79. The molecule has 1 amide bonds. The molecule has 28 heavy (non-hydrogen) atoms. The van der Waals surface area contributed by atoms with Crippen LogP contribution in [0.4, 0.5) is 5.69 Å². The molecule has 1 aromatic carbocycles. The van der Waals surface area contributed by atoms with Crippen molar-refractivity contribution in [3.8, 4) is 5.75 Å². The SMILES string of the molecule is CCS(=O)(=O)NC(CCSC)C(=O)N1CCCN(c2ccc(OC)cc2)CC1. The van der Waals surface area contributed by atoms with E-state index >= 15 is 0 Å². The van der Waals surface area contributed by atoms with Gasteiger partial charge in [-0.05, 0) is 56.0 Å². The molecular weight excluding hydrogens is 398 g/mol. The zero-order valence-corrected chi connectivity index (χ0v) is 18.5. The first-order valence-electron chi connectivity index (χ1n) is 9.57. The Morgan fingerprint density at radius 3 is 2.54 bits per heavy atom. The molecule has 0 spiro atoms. The minimum Gasteiger partial charge on any atom is -0.497 e. The van der Waals surface area contributed by atoms with Crippen LogP contribution in [-0.4, -0.2) is 76.3 Å². The van der Waals surface area contributed by atoms with E-state index in [0.29, 0.717) is 26.1 Å². The Morgan fingerprint density at radius 1 is 1.21 bits per heavy atom. The van der Waals surface area contributed by atoms with Crippen molar-refractivity contribution in [3.05, 3.63) is 24.3 Å². The number of sulfonamides is 1. The van der Waals surface area contributed by atoms with Crippen LogP contribution in [0.2, 0.25) is 0 Å². The number of hydrogen-bond acceptors (Lipinski definition) is 6. The van der Waals surface area contributed by atoms with Crippen molar-refractivity contribution >= 4 is 33.4 Å². The molecule has 1 aliphatic rings. The van der Waals surface area contributed by atoms with Gasteiger partial charge in [-0.25, -0.2) is 13.1 Å². The highest BCUT2D eigenvalue weighted by Crippen LogP contribution is 2.21. The summed E-state index contributed by atoms with van der Waals surface area (Å²) in [6, 6.07) is 7.22. The molecule has 9 heteroatoms. The summed E-state index contributed by atoms with van der Waals surface area (Å²) in [6.45, 7) is 4.36. The molecule has 1 unspecified atom stereocenters. The fourth-order valence-electron chi connectivity index (χ4n) is 3.18. The van der Waals surface area contributed by atoms with Crippen LogP contribution in [0.3, 0.4) is 0 Å². The van der Waals surface area contributed by atoms with Gasteiger partial charge in [-0.1, -0.05) is 0 Å². The Bertz CT molecular complexity index is 725. The Morgan fingerprint density at radius 2 is 1.93 bits per heavy atom. The highest BCUT2D eigenvalue weighted by atomic mass is 32.2. The molecule has 1 saturated heterocycles. The van der Waals surface area contributed by atoms with Gasteiger partial charge in [0.1, 0.15) is 11.8 Å². The van der Waals surface area contributed by atoms with Crippen molar-refractivity contribution in [2.75, 3.05) is 56.0 Å². The van der Waals surface area contributed by atoms with E-state index in [-0.39, 0.29) is 11.7 Å². The summed E-state index contributed by atoms with van der Waals surface area (Å²) in [5, 5.41) is 0. The quantitative estimate of drug-likeness (QED) is 0.645. The molecule has 1 N–H and O–H groups in total. The molecule has 0 aromatic heterocycles. The first-order chi connectivity index (χ1) is 13.4. The number of nitrogens with one attached hydrogen (secondary N) is 1. The lowest BCUT2D eigenvalue weighted by Crippen LogP contribution is -2.50. The van der Waals surface area contributed by atoms with E-state index in [1.54, 1.807) is 30.7 Å². The molecule has 1 heterocycles. The van der Waals surface area contributed by atoms with Crippen LogP contribution < -0.4 is 14.4 Å². The minimum atomic E-state index is -3.43. The van der Waals surface area contributed by atoms with Crippen LogP contribution in [0, 0.1) is 0 Å². The summed E-state index contributed by atoms with van der Waals surface area (Å²) in [4.78, 5) is 17.1. The molecule has 0 bridgehead atoms. The summed E-state index contributed by atoms with van der Waals surface area (Å²) in [6.07, 6.45) is 3.29. The van der Waals surface area contributed by atoms with Gasteiger partial charge < -0.3 is 14.5 Å². The summed E-state index contributed by atoms with van der Waals surface area (Å²) >= 11 is 1.61. The molecule has 158 valence electrons. The van der Waals surface area contributed by atoms with Crippen LogP contribution in [-0.2, 0) is 14.8 Å². The van der Waals surface area contributed by atoms with Gasteiger partial charge in [0.15, 0.2) is 0 Å². The number of anilines is 1. The van der Waals surface area contributed by atoms with Gasteiger partial charge in [-0.2, -0.15) is 11.8 Å². The van der Waals surface area contributed by atoms with Crippen LogP contribution in [0.15, 0.2) is 24.3 Å². The maximum Gasteiger partial charge on any atom is 0.240 e. The van der Waals surface area contributed by atoms with Crippen LogP contribution >= 0.6 is 11.8 Å². The van der Waals surface area contributed by atoms with E-state index in [1.165, 1.54) is 0 Å². The standard InChI is InChI=1S/C19H31N3O4S2/c1-4-28(24,25)20-18(10-15-27-3)19(23)22-12-5-11-21(13-14-22)16-6-8-17(26-2)9-7-16/h6-9,18,20H,4-5,10-15H2,1-3H3. The number of methoxy groups -OCH3 is 1. The van der Waals surface area contributed by atoms with Gasteiger partial charge in [0, 0.05) is 31.9 Å². The van der Waals surface area contributed by atoms with E-state index in [9.17, 15) is 13.2 Å². The smallest absolute Gasteiger partial charge is 0.240 e. The second-order valence-corrected chi connectivity index (χ2v) is 9.75. The third-order valence-corrected chi connectivity index (χ3v) is 6.90. The van der Waals surface area contributed by atoms with Crippen LogP contribution in [0.5, 0.6) is 5.75 Å². The Labute approximate surface area is 172 Å². The van der Waals surface area contributed by atoms with E-state index in [4.69, 9.17) is 4.74 Å². The molecule has 1 fully saturated rings. The number of ether oxygens (including phenoxy) is 1. The lowest BCUT2D eigenvalue weighted by Gasteiger charge is -2.27. The predicted octanol–water partition coefficient (Wildman–Crippen LogP) is 1.79. The molecule has 0 radical (unpaired) electrons. The molecule has 2 rings (SSSR count). The van der Waals surface area contributed by atoms with Crippen LogP contribution in [0.1, 0.15) is 19.8 Å². The average Bonchev–Trinajstić information content (AvgIpc) is 2.97. The van der Waals surface area contributed by atoms with Crippen molar-refractivity contribution in [2.45, 2.75) is 25.8 Å². The van der Waals surface area contributed by atoms with E-state index < -0.39 is 16.1 Å². The number of carbonyl (C=O) groups is 1. The maximum atomic E-state index is 13.0. The number of carbonyl (C=O) groups excluding carboxylic acids is 1. The van der Waals surface area contributed by atoms with Gasteiger partial charge in [0.25, 0.3) is 0 Å². The van der Waals surface area contributed by atoms with E-state index in [1.807, 2.05) is 30.5 Å². The molecular formula is C19H31N3O4S2. The third-order valence-electron chi connectivity index (χ3n) is 4.86. The third kappa shape index (κ3) is 6.56. The zero-order valence-electron chi connectivity index (χ0n) is 16.9. The Kier molecular flexibility index (Phi) is 8.91. The van der Waals surface area contributed by atoms with Gasteiger partial charge in [-0.3, -0.25) is 4.79 Å². The Balaban J connectivity index is 2.03. The summed E-state index contributed by atoms with van der Waals surface area (Å²) in [5.41, 5.74) is 1.10. The van der Waals surface area contributed by atoms with Crippen LogP contribution in [0.25, 0.3) is 0 Å². The van der Waals surface area contributed by atoms with Gasteiger partial charge in [0.2, 0.25) is 15.9 Å². The van der Waals surface area contributed by atoms with Crippen molar-refractivity contribution < 1.29 is 17.9 Å². The second kappa shape index (κ2) is 10.9. The molecule has 0 aliphatic carbocycles. The highest BCUT2D eigenvalue weighted by Gasteiger charge is 2.28. The predicted molar refractivity (Wildman–Crippen MR) is 116 cm³/mol. The largest absolute Gasteiger partial charge is 0.497 e. The first-order valence-corrected chi connectivity index (χ1v) is 12.6. The minimum absolute atomic E-state index is 0.0265. The fraction of sp³-hybridized carbons (Fsp3) is 0.632. The number of nitrogens with zero attached hydrogens (tertiary/aromatic N) is 2. The maximum absolute atomic E-state index is 13.0. The van der Waals surface area contributed by atoms with E-state index in [0.717, 1.165) is 30.2 Å². The van der Waals surface area contributed by atoms with Gasteiger partial charge >= 0.3 is 0 Å². The highest BCUT2D eigenvalue weighted by molar-refractivity contribution is 7.98. The summed E-state index contributed by atoms with van der Waals surface area (Å²) in [5.74, 6) is 1.40. The van der Waals surface area contributed by atoms with Crippen molar-refractivity contribution in [3.63, 3.8) is 0 Å². The van der Waals surface area contributed by atoms with E-state index in [2.05, 4.69) is 9.62 Å². The van der Waals surface area contributed by atoms with Crippen molar-refractivity contribution in [2.24, 2.45) is 0 Å². The number of benzene rings is 1. The lowest BCUT2D eigenvalue weighted by atomic mass is 10.2. The molecule has 1 aliphatic heterocycles. The first kappa shape index (κ1) is 22.8. The van der Waals surface area contributed by atoms with Crippen molar-refractivity contribution in [1.29, 1.82) is 0 Å². The molecule has 1 aromatic rings. The topological polar surface area (TPSA) is 79.0 Å². The fourth-order valence-corrected chi connectivity index (χ4v) is 4.47. The lowest BCUT2D eigenvalue weighted by molar-refractivity contribution is -0.132. The molecule has 7 nitrogen and oxygen atoms in total. The van der Waals surface area contributed by atoms with Gasteiger partial charge in [0.05, 0.1) is 12.9 Å².